The molecule has 1 aromatic heterocycles. The fourth-order valence-corrected chi connectivity index (χ4v) is 1.56. The highest BCUT2D eigenvalue weighted by Gasteiger charge is 2.30. The maximum absolute atomic E-state index is 12.5. The normalized spacial score (nSPS) is 20.6. The molecule has 1 aromatic rings. The number of halogens is 2. The first-order valence-corrected chi connectivity index (χ1v) is 4.73. The molecule has 1 N–H and O–H groups in total. The second-order valence-corrected chi connectivity index (χ2v) is 3.37. The number of carboxylic acids is 1. The molecule has 2 heterocycles. The molecule has 0 radical (unpaired) electrons. The Morgan fingerprint density at radius 1 is 1.56 bits per heavy atom. The Kier molecular flexibility index (Phi) is 2.86. The molecule has 0 amide bonds. The highest BCUT2D eigenvalue weighted by molar-refractivity contribution is 5.85. The van der Waals surface area contributed by atoms with E-state index in [-0.39, 0.29) is 5.89 Å². The molecule has 0 bridgehead atoms. The van der Waals surface area contributed by atoms with Crippen molar-refractivity contribution in [2.75, 3.05) is 6.61 Å². The minimum atomic E-state index is -2.97. The van der Waals surface area contributed by atoms with Gasteiger partial charge < -0.3 is 14.3 Å². The van der Waals surface area contributed by atoms with Crippen LogP contribution in [0.4, 0.5) is 8.78 Å². The zero-order valence-corrected chi connectivity index (χ0v) is 8.15. The number of carbonyl (C=O) groups is 1. The van der Waals surface area contributed by atoms with Crippen LogP contribution in [0.3, 0.4) is 0 Å². The second-order valence-electron chi connectivity index (χ2n) is 3.37. The highest BCUT2D eigenvalue weighted by atomic mass is 19.3. The molecule has 1 aliphatic rings. The van der Waals surface area contributed by atoms with Crippen molar-refractivity contribution >= 4 is 5.97 Å². The van der Waals surface area contributed by atoms with Crippen LogP contribution in [-0.2, 0) is 4.74 Å². The predicted octanol–water partition coefficient (Wildman–Crippen LogP) is 2.16. The topological polar surface area (TPSA) is 72.6 Å². The van der Waals surface area contributed by atoms with Gasteiger partial charge in [-0.3, -0.25) is 0 Å². The van der Waals surface area contributed by atoms with Gasteiger partial charge in [0, 0.05) is 6.61 Å². The van der Waals surface area contributed by atoms with Crippen molar-refractivity contribution in [3.05, 3.63) is 17.3 Å². The number of oxazole rings is 1. The average Bonchev–Trinajstić information content (AvgIpc) is 2.86. The smallest absolute Gasteiger partial charge is 0.374 e. The van der Waals surface area contributed by atoms with Crippen LogP contribution in [0, 0.1) is 0 Å². The molecule has 1 unspecified atom stereocenters. The summed E-state index contributed by atoms with van der Waals surface area (Å²) in [5.74, 6) is -2.43. The number of carboxylic acid groups (broad SMARTS) is 1. The van der Waals surface area contributed by atoms with E-state index in [2.05, 4.69) is 4.98 Å². The second kappa shape index (κ2) is 4.17. The summed E-state index contributed by atoms with van der Waals surface area (Å²) in [7, 11) is 0. The van der Waals surface area contributed by atoms with Crippen molar-refractivity contribution in [2.24, 2.45) is 0 Å². The van der Waals surface area contributed by atoms with E-state index in [1.54, 1.807) is 0 Å². The summed E-state index contributed by atoms with van der Waals surface area (Å²) in [6, 6.07) is 0. The summed E-state index contributed by atoms with van der Waals surface area (Å²) in [5.41, 5.74) is -0.835. The standard InChI is InChI=1S/C9H9F2NO4/c10-7(11)5-6(9(13)14)16-8(12-5)4-2-1-3-15-4/h4,7H,1-3H2,(H,13,14). The number of rotatable bonds is 3. The van der Waals surface area contributed by atoms with Crippen LogP contribution in [0.25, 0.3) is 0 Å². The van der Waals surface area contributed by atoms with Crippen LogP contribution in [0.15, 0.2) is 4.42 Å². The number of ether oxygens (including phenoxy) is 1. The molecule has 2 rings (SSSR count). The first kappa shape index (κ1) is 11.0. The van der Waals surface area contributed by atoms with Crippen LogP contribution in [0.2, 0.25) is 0 Å². The van der Waals surface area contributed by atoms with Gasteiger partial charge in [-0.25, -0.2) is 18.6 Å². The Bertz CT molecular complexity index is 398. The Morgan fingerprint density at radius 3 is 2.75 bits per heavy atom. The van der Waals surface area contributed by atoms with Crippen LogP contribution in [0.5, 0.6) is 0 Å². The third kappa shape index (κ3) is 1.90. The van der Waals surface area contributed by atoms with E-state index >= 15 is 0 Å². The average molecular weight is 233 g/mol. The summed E-state index contributed by atoms with van der Waals surface area (Å²) in [6.45, 7) is 0.499. The van der Waals surface area contributed by atoms with E-state index < -0.39 is 30.0 Å². The first-order chi connectivity index (χ1) is 7.59. The summed E-state index contributed by atoms with van der Waals surface area (Å²) >= 11 is 0. The quantitative estimate of drug-likeness (QED) is 0.865. The minimum Gasteiger partial charge on any atom is -0.475 e. The number of aromatic nitrogens is 1. The van der Waals surface area contributed by atoms with E-state index in [0.717, 1.165) is 6.42 Å². The molecule has 1 aliphatic heterocycles. The number of hydrogen-bond donors (Lipinski definition) is 1. The molecule has 1 atom stereocenters. The summed E-state index contributed by atoms with van der Waals surface area (Å²) in [6.07, 6.45) is -2.10. The fourth-order valence-electron chi connectivity index (χ4n) is 1.56. The molecule has 0 spiro atoms. The van der Waals surface area contributed by atoms with Gasteiger partial charge in [0.15, 0.2) is 5.69 Å². The highest BCUT2D eigenvalue weighted by Crippen LogP contribution is 2.32. The van der Waals surface area contributed by atoms with E-state index in [1.807, 2.05) is 0 Å². The first-order valence-electron chi connectivity index (χ1n) is 4.73. The Labute approximate surface area is 89.0 Å². The zero-order valence-electron chi connectivity index (χ0n) is 8.15. The largest absolute Gasteiger partial charge is 0.475 e. The van der Waals surface area contributed by atoms with Crippen LogP contribution < -0.4 is 0 Å². The maximum atomic E-state index is 12.5. The SMILES string of the molecule is O=C(O)c1oc(C2CCCO2)nc1C(F)F. The lowest BCUT2D eigenvalue weighted by Crippen LogP contribution is -1.99. The van der Waals surface area contributed by atoms with Gasteiger partial charge in [0.05, 0.1) is 0 Å². The molecular formula is C9H9F2NO4. The molecule has 7 heteroatoms. The number of hydrogen-bond acceptors (Lipinski definition) is 4. The van der Waals surface area contributed by atoms with E-state index in [4.69, 9.17) is 14.3 Å². The van der Waals surface area contributed by atoms with E-state index in [9.17, 15) is 13.6 Å². The van der Waals surface area contributed by atoms with Gasteiger partial charge in [0.25, 0.3) is 6.43 Å². The van der Waals surface area contributed by atoms with Crippen molar-refractivity contribution in [1.82, 2.24) is 4.98 Å². The lowest BCUT2D eigenvalue weighted by molar-refractivity contribution is 0.0621. The van der Waals surface area contributed by atoms with Gasteiger partial charge in [0.2, 0.25) is 11.7 Å². The van der Waals surface area contributed by atoms with Crippen molar-refractivity contribution in [1.29, 1.82) is 0 Å². The van der Waals surface area contributed by atoms with E-state index in [1.165, 1.54) is 0 Å². The fraction of sp³-hybridized carbons (Fsp3) is 0.556. The minimum absolute atomic E-state index is 0.0785. The lowest BCUT2D eigenvalue weighted by Gasteiger charge is -2.01. The molecule has 16 heavy (non-hydrogen) atoms. The summed E-state index contributed by atoms with van der Waals surface area (Å²) in [5, 5.41) is 8.66. The van der Waals surface area contributed by atoms with Gasteiger partial charge in [-0.15, -0.1) is 0 Å². The molecule has 0 aliphatic carbocycles. The van der Waals surface area contributed by atoms with Gasteiger partial charge in [-0.05, 0) is 12.8 Å². The molecule has 1 saturated heterocycles. The Hall–Kier alpha value is -1.50. The molecular weight excluding hydrogens is 224 g/mol. The number of aromatic carboxylic acids is 1. The van der Waals surface area contributed by atoms with Gasteiger partial charge in [-0.2, -0.15) is 0 Å². The van der Waals surface area contributed by atoms with Crippen LogP contribution in [0.1, 0.15) is 47.5 Å². The summed E-state index contributed by atoms with van der Waals surface area (Å²) in [4.78, 5) is 14.1. The third-order valence-corrected chi connectivity index (χ3v) is 2.28. The van der Waals surface area contributed by atoms with Gasteiger partial charge in [0.1, 0.15) is 6.10 Å². The molecule has 1 fully saturated rings. The summed E-state index contributed by atoms with van der Waals surface area (Å²) < 4.78 is 34.9. The lowest BCUT2D eigenvalue weighted by atomic mass is 10.2. The van der Waals surface area contributed by atoms with Gasteiger partial charge >= 0.3 is 5.97 Å². The molecule has 0 saturated carbocycles. The maximum Gasteiger partial charge on any atom is 0.374 e. The molecule has 0 aromatic carbocycles. The zero-order chi connectivity index (χ0) is 11.7. The predicted molar refractivity (Wildman–Crippen MR) is 46.3 cm³/mol. The Morgan fingerprint density at radius 2 is 2.31 bits per heavy atom. The van der Waals surface area contributed by atoms with Crippen LogP contribution >= 0.6 is 0 Å². The molecule has 88 valence electrons. The number of nitrogens with zero attached hydrogens (tertiary/aromatic N) is 1. The third-order valence-electron chi connectivity index (χ3n) is 2.28. The monoisotopic (exact) mass is 233 g/mol. The molecule has 5 nitrogen and oxygen atoms in total. The van der Waals surface area contributed by atoms with Crippen molar-refractivity contribution in [2.45, 2.75) is 25.4 Å². The van der Waals surface area contributed by atoms with Crippen molar-refractivity contribution in [3.63, 3.8) is 0 Å². The van der Waals surface area contributed by atoms with E-state index in [0.29, 0.717) is 13.0 Å². The van der Waals surface area contributed by atoms with Crippen molar-refractivity contribution < 1.29 is 27.8 Å². The van der Waals surface area contributed by atoms with Gasteiger partial charge in [-0.1, -0.05) is 0 Å². The van der Waals surface area contributed by atoms with Crippen molar-refractivity contribution in [3.8, 4) is 0 Å². The number of alkyl halides is 2. The van der Waals surface area contributed by atoms with Crippen LogP contribution in [-0.4, -0.2) is 22.7 Å². The Balaban J connectivity index is 2.34.